The summed E-state index contributed by atoms with van der Waals surface area (Å²) in [7, 11) is 0. The van der Waals surface area contributed by atoms with Crippen LogP contribution < -0.4 is 0 Å². The summed E-state index contributed by atoms with van der Waals surface area (Å²) < 4.78 is 0. The second-order valence-electron chi connectivity index (χ2n) is 2.26. The van der Waals surface area contributed by atoms with E-state index in [-0.39, 0.29) is 4.92 Å². The minimum absolute atomic E-state index is 0.296. The Morgan fingerprint density at radius 1 is 1.64 bits per heavy atom. The van der Waals surface area contributed by atoms with Gasteiger partial charge in [-0.05, 0) is 13.0 Å². The maximum absolute atomic E-state index is 10.4. The molecular weight excluding hydrogens is 142 g/mol. The quantitative estimate of drug-likeness (QED) is 0.423. The number of rotatable bonds is 1. The van der Waals surface area contributed by atoms with Gasteiger partial charge in [0.2, 0.25) is 0 Å². The summed E-state index contributed by atoms with van der Waals surface area (Å²) in [6.45, 7) is 1.80. The molecule has 0 aliphatic heterocycles. The molecule has 0 aromatic rings. The summed E-state index contributed by atoms with van der Waals surface area (Å²) in [6.07, 6.45) is 8.59. The van der Waals surface area contributed by atoms with Crippen molar-refractivity contribution >= 4 is 0 Å². The predicted octanol–water partition coefficient (Wildman–Crippen LogP) is 1.70. The molecule has 0 heterocycles. The molecule has 1 atom stereocenters. The van der Waals surface area contributed by atoms with Crippen LogP contribution in [0.1, 0.15) is 6.92 Å². The SMILES string of the molecule is C/C=C1/C=CC=CC1[N+](=O)[O-]. The molecule has 0 aromatic heterocycles. The van der Waals surface area contributed by atoms with Crippen molar-refractivity contribution in [2.45, 2.75) is 13.0 Å². The van der Waals surface area contributed by atoms with Gasteiger partial charge in [-0.15, -0.1) is 0 Å². The van der Waals surface area contributed by atoms with E-state index in [0.717, 1.165) is 5.57 Å². The van der Waals surface area contributed by atoms with E-state index in [9.17, 15) is 10.1 Å². The number of allylic oxidation sites excluding steroid dienone is 3. The summed E-state index contributed by atoms with van der Waals surface area (Å²) in [6, 6.07) is -0.648. The lowest BCUT2D eigenvalue weighted by Gasteiger charge is -2.07. The molecule has 58 valence electrons. The van der Waals surface area contributed by atoms with Crippen LogP contribution >= 0.6 is 0 Å². The molecule has 0 amide bonds. The Morgan fingerprint density at radius 2 is 2.36 bits per heavy atom. The zero-order valence-electron chi connectivity index (χ0n) is 6.23. The third kappa shape index (κ3) is 1.55. The highest BCUT2D eigenvalue weighted by Gasteiger charge is 2.20. The Morgan fingerprint density at radius 3 is 2.82 bits per heavy atom. The van der Waals surface area contributed by atoms with Crippen LogP contribution in [0.15, 0.2) is 36.0 Å². The fraction of sp³-hybridized carbons (Fsp3) is 0.250. The van der Waals surface area contributed by atoms with Crippen molar-refractivity contribution in [1.29, 1.82) is 0 Å². The molecular formula is C8H9NO2. The first kappa shape index (κ1) is 7.72. The Bertz CT molecular complexity index is 251. The first-order valence-corrected chi connectivity index (χ1v) is 3.40. The zero-order chi connectivity index (χ0) is 8.27. The Balaban J connectivity index is 2.88. The lowest BCUT2D eigenvalue weighted by atomic mass is 10.0. The molecule has 0 bridgehead atoms. The lowest BCUT2D eigenvalue weighted by molar-refractivity contribution is -0.498. The molecule has 3 heteroatoms. The van der Waals surface area contributed by atoms with E-state index < -0.39 is 6.04 Å². The number of nitrogens with zero attached hydrogens (tertiary/aromatic N) is 1. The van der Waals surface area contributed by atoms with Crippen molar-refractivity contribution in [3.8, 4) is 0 Å². The van der Waals surface area contributed by atoms with Crippen molar-refractivity contribution in [2.75, 3.05) is 0 Å². The molecule has 1 aliphatic rings. The first-order chi connectivity index (χ1) is 5.25. The van der Waals surface area contributed by atoms with Crippen LogP contribution in [-0.2, 0) is 0 Å². The Kier molecular flexibility index (Phi) is 2.21. The van der Waals surface area contributed by atoms with Gasteiger partial charge in [-0.1, -0.05) is 24.3 Å². The molecule has 3 nitrogen and oxygen atoms in total. The van der Waals surface area contributed by atoms with Gasteiger partial charge in [-0.25, -0.2) is 0 Å². The van der Waals surface area contributed by atoms with E-state index in [0.29, 0.717) is 0 Å². The molecule has 1 aliphatic carbocycles. The summed E-state index contributed by atoms with van der Waals surface area (Å²) in [4.78, 5) is 10.1. The van der Waals surface area contributed by atoms with Gasteiger partial charge in [0.25, 0.3) is 6.04 Å². The minimum Gasteiger partial charge on any atom is -0.264 e. The number of hydrogen-bond donors (Lipinski definition) is 0. The van der Waals surface area contributed by atoms with E-state index in [1.54, 1.807) is 37.3 Å². The van der Waals surface area contributed by atoms with Crippen LogP contribution in [0, 0.1) is 10.1 Å². The molecule has 0 radical (unpaired) electrons. The fourth-order valence-electron chi connectivity index (χ4n) is 1.00. The van der Waals surface area contributed by atoms with E-state index in [4.69, 9.17) is 0 Å². The summed E-state index contributed by atoms with van der Waals surface area (Å²) in [5, 5.41) is 10.4. The van der Waals surface area contributed by atoms with Gasteiger partial charge >= 0.3 is 0 Å². The van der Waals surface area contributed by atoms with E-state index in [2.05, 4.69) is 0 Å². The largest absolute Gasteiger partial charge is 0.264 e. The fourth-order valence-corrected chi connectivity index (χ4v) is 1.00. The van der Waals surface area contributed by atoms with Gasteiger partial charge in [0, 0.05) is 10.5 Å². The highest BCUT2D eigenvalue weighted by atomic mass is 16.6. The van der Waals surface area contributed by atoms with Crippen LogP contribution in [0.2, 0.25) is 0 Å². The zero-order valence-corrected chi connectivity index (χ0v) is 6.23. The Hall–Kier alpha value is -1.38. The van der Waals surface area contributed by atoms with Gasteiger partial charge in [0.05, 0.1) is 0 Å². The van der Waals surface area contributed by atoms with Gasteiger partial charge in [0.1, 0.15) is 0 Å². The topological polar surface area (TPSA) is 43.1 Å². The van der Waals surface area contributed by atoms with E-state index >= 15 is 0 Å². The number of hydrogen-bond acceptors (Lipinski definition) is 2. The van der Waals surface area contributed by atoms with E-state index in [1.807, 2.05) is 0 Å². The van der Waals surface area contributed by atoms with E-state index in [1.165, 1.54) is 0 Å². The Labute approximate surface area is 64.9 Å². The third-order valence-electron chi connectivity index (χ3n) is 1.60. The van der Waals surface area contributed by atoms with Crippen LogP contribution in [-0.4, -0.2) is 11.0 Å². The second-order valence-corrected chi connectivity index (χ2v) is 2.26. The normalized spacial score (nSPS) is 25.9. The second kappa shape index (κ2) is 3.14. The van der Waals surface area contributed by atoms with Crippen LogP contribution in [0.25, 0.3) is 0 Å². The highest BCUT2D eigenvalue weighted by molar-refractivity contribution is 5.33. The van der Waals surface area contributed by atoms with Crippen LogP contribution in [0.3, 0.4) is 0 Å². The maximum Gasteiger partial charge on any atom is 0.256 e. The lowest BCUT2D eigenvalue weighted by Crippen LogP contribution is -2.19. The first-order valence-electron chi connectivity index (χ1n) is 3.40. The number of nitro groups is 1. The molecule has 1 unspecified atom stereocenters. The third-order valence-corrected chi connectivity index (χ3v) is 1.60. The average molecular weight is 151 g/mol. The monoisotopic (exact) mass is 151 g/mol. The highest BCUT2D eigenvalue weighted by Crippen LogP contribution is 2.13. The molecule has 11 heavy (non-hydrogen) atoms. The molecule has 1 rings (SSSR count). The van der Waals surface area contributed by atoms with Crippen molar-refractivity contribution in [2.24, 2.45) is 0 Å². The van der Waals surface area contributed by atoms with Crippen molar-refractivity contribution < 1.29 is 4.92 Å². The molecule has 0 N–H and O–H groups in total. The van der Waals surface area contributed by atoms with Crippen molar-refractivity contribution in [3.63, 3.8) is 0 Å². The van der Waals surface area contributed by atoms with Gasteiger partial charge in [-0.2, -0.15) is 0 Å². The molecule has 0 spiro atoms. The van der Waals surface area contributed by atoms with Crippen molar-refractivity contribution in [3.05, 3.63) is 46.1 Å². The van der Waals surface area contributed by atoms with Crippen LogP contribution in [0.4, 0.5) is 0 Å². The van der Waals surface area contributed by atoms with Gasteiger partial charge < -0.3 is 0 Å². The summed E-state index contributed by atoms with van der Waals surface area (Å²) in [5.74, 6) is 0. The standard InChI is InChI=1S/C8H9NO2/c1-2-7-5-3-4-6-8(7)9(10)11/h2-6,8H,1H3/b7-2-. The summed E-state index contributed by atoms with van der Waals surface area (Å²) in [5.41, 5.74) is 0.748. The van der Waals surface area contributed by atoms with Crippen LogP contribution in [0.5, 0.6) is 0 Å². The van der Waals surface area contributed by atoms with Gasteiger partial charge in [-0.3, -0.25) is 10.1 Å². The predicted molar refractivity (Wildman–Crippen MR) is 42.8 cm³/mol. The molecule has 0 saturated carbocycles. The minimum atomic E-state index is -0.648. The molecule has 0 fully saturated rings. The average Bonchev–Trinajstić information content (AvgIpc) is 2.04. The molecule has 0 aromatic carbocycles. The molecule has 0 saturated heterocycles. The summed E-state index contributed by atoms with van der Waals surface area (Å²) >= 11 is 0. The van der Waals surface area contributed by atoms with Crippen molar-refractivity contribution in [1.82, 2.24) is 0 Å². The smallest absolute Gasteiger partial charge is 0.256 e. The maximum atomic E-state index is 10.4. The van der Waals surface area contributed by atoms with Gasteiger partial charge in [0.15, 0.2) is 0 Å².